The number of hydrogen-bond donors (Lipinski definition) is 1. The number of hydrogen-bond acceptors (Lipinski definition) is 2. The largest absolute Gasteiger partial charge is 0.348 e. The van der Waals surface area contributed by atoms with Gasteiger partial charge in [-0.1, -0.05) is 72.8 Å². The summed E-state index contributed by atoms with van der Waals surface area (Å²) < 4.78 is 1.75. The van der Waals surface area contributed by atoms with Gasteiger partial charge in [0.05, 0.1) is 16.4 Å². The highest BCUT2D eigenvalue weighted by Crippen LogP contribution is 2.32. The summed E-state index contributed by atoms with van der Waals surface area (Å²) in [6.07, 6.45) is 5.62. The van der Waals surface area contributed by atoms with Gasteiger partial charge in [-0.2, -0.15) is 5.10 Å². The highest BCUT2D eigenvalue weighted by Gasteiger charge is 2.25. The van der Waals surface area contributed by atoms with E-state index in [1.54, 1.807) is 16.8 Å². The first-order chi connectivity index (χ1) is 14.0. The summed E-state index contributed by atoms with van der Waals surface area (Å²) in [5, 5.41) is 8.90. The summed E-state index contributed by atoms with van der Waals surface area (Å²) in [7, 11) is 0. The van der Waals surface area contributed by atoms with Gasteiger partial charge < -0.3 is 5.32 Å². The Morgan fingerprint density at radius 3 is 2.48 bits per heavy atom. The number of amides is 1. The maximum Gasteiger partial charge on any atom is 0.272 e. The number of rotatable bonds is 4. The van der Waals surface area contributed by atoms with E-state index in [2.05, 4.69) is 10.4 Å². The average Bonchev–Trinajstić information content (AvgIpc) is 3.06. The van der Waals surface area contributed by atoms with Crippen LogP contribution in [0.15, 0.2) is 48.5 Å². The molecule has 1 aromatic heterocycles. The molecule has 4 nitrogen and oxygen atoms in total. The van der Waals surface area contributed by atoms with E-state index in [-0.39, 0.29) is 11.9 Å². The molecule has 6 heteroatoms. The predicted molar refractivity (Wildman–Crippen MR) is 118 cm³/mol. The lowest BCUT2D eigenvalue weighted by Crippen LogP contribution is -2.36. The monoisotopic (exact) mass is 427 g/mol. The molecule has 1 saturated carbocycles. The van der Waals surface area contributed by atoms with Gasteiger partial charge >= 0.3 is 0 Å². The van der Waals surface area contributed by atoms with Crippen LogP contribution in [0.4, 0.5) is 0 Å². The summed E-state index contributed by atoms with van der Waals surface area (Å²) in [6.45, 7) is 1.94. The molecular formula is C23H23Cl2N3O. The van der Waals surface area contributed by atoms with Gasteiger partial charge in [0.25, 0.3) is 5.91 Å². The predicted octanol–water partition coefficient (Wildman–Crippen LogP) is 6.22. The van der Waals surface area contributed by atoms with Crippen molar-refractivity contribution in [1.29, 1.82) is 0 Å². The van der Waals surface area contributed by atoms with Crippen molar-refractivity contribution in [2.45, 2.75) is 45.1 Å². The van der Waals surface area contributed by atoms with Gasteiger partial charge in [0.1, 0.15) is 0 Å². The lowest BCUT2D eigenvalue weighted by atomic mass is 9.95. The van der Waals surface area contributed by atoms with Crippen molar-refractivity contribution in [2.75, 3.05) is 0 Å². The molecule has 150 valence electrons. The second-order valence-corrected chi connectivity index (χ2v) is 8.35. The number of halogens is 2. The van der Waals surface area contributed by atoms with E-state index < -0.39 is 0 Å². The lowest BCUT2D eigenvalue weighted by Gasteiger charge is -2.22. The van der Waals surface area contributed by atoms with E-state index in [9.17, 15) is 4.79 Å². The molecular weight excluding hydrogens is 405 g/mol. The Balaban J connectivity index is 1.79. The van der Waals surface area contributed by atoms with Crippen molar-refractivity contribution in [2.24, 2.45) is 0 Å². The zero-order valence-electron chi connectivity index (χ0n) is 16.3. The Labute approximate surface area is 180 Å². The van der Waals surface area contributed by atoms with Crippen LogP contribution >= 0.6 is 23.2 Å². The van der Waals surface area contributed by atoms with Crippen LogP contribution in [0.2, 0.25) is 10.0 Å². The fourth-order valence-corrected chi connectivity index (χ4v) is 4.46. The van der Waals surface area contributed by atoms with Gasteiger partial charge in [-0.3, -0.25) is 4.79 Å². The van der Waals surface area contributed by atoms with Crippen molar-refractivity contribution in [3.63, 3.8) is 0 Å². The summed E-state index contributed by atoms with van der Waals surface area (Å²) in [5.74, 6) is -0.129. The lowest BCUT2D eigenvalue weighted by molar-refractivity contribution is 0.0921. The van der Waals surface area contributed by atoms with Crippen LogP contribution in [-0.4, -0.2) is 21.7 Å². The molecule has 0 bridgehead atoms. The van der Waals surface area contributed by atoms with Crippen LogP contribution < -0.4 is 5.32 Å². The Kier molecular flexibility index (Phi) is 5.93. The summed E-state index contributed by atoms with van der Waals surface area (Å²) in [6, 6.07) is 15.4. The molecule has 0 unspecified atom stereocenters. The molecule has 1 N–H and O–H groups in total. The first-order valence-electron chi connectivity index (χ1n) is 9.96. The molecule has 1 aliphatic carbocycles. The number of nitrogens with zero attached hydrogens (tertiary/aromatic N) is 2. The molecule has 2 aromatic carbocycles. The van der Waals surface area contributed by atoms with Crippen LogP contribution in [0.3, 0.4) is 0 Å². The van der Waals surface area contributed by atoms with Gasteiger partial charge in [-0.05, 0) is 38.0 Å². The fraction of sp³-hybridized carbons (Fsp3) is 0.304. The van der Waals surface area contributed by atoms with Crippen molar-refractivity contribution in [3.8, 4) is 16.9 Å². The highest BCUT2D eigenvalue weighted by molar-refractivity contribution is 6.35. The van der Waals surface area contributed by atoms with Crippen LogP contribution in [0.25, 0.3) is 16.9 Å². The Hall–Kier alpha value is -2.30. The standard InChI is InChI=1S/C23H23Cl2N3O/c1-15-21(23(29)26-18-10-6-3-7-11-18)27-28(20-13-12-17(24)14-19(20)25)22(15)16-8-4-2-5-9-16/h2,4-5,8-9,12-14,18H,3,6-7,10-11H2,1H3,(H,26,29). The zero-order chi connectivity index (χ0) is 20.4. The van der Waals surface area contributed by atoms with E-state index in [0.29, 0.717) is 21.4 Å². The Morgan fingerprint density at radius 2 is 1.79 bits per heavy atom. The van der Waals surface area contributed by atoms with Crippen LogP contribution in [0, 0.1) is 6.92 Å². The van der Waals surface area contributed by atoms with Crippen molar-refractivity contribution < 1.29 is 4.79 Å². The summed E-state index contributed by atoms with van der Waals surface area (Å²) in [5.41, 5.74) is 3.77. The Morgan fingerprint density at radius 1 is 1.07 bits per heavy atom. The van der Waals surface area contributed by atoms with Gasteiger partial charge in [0.15, 0.2) is 5.69 Å². The first-order valence-corrected chi connectivity index (χ1v) is 10.7. The van der Waals surface area contributed by atoms with E-state index in [1.807, 2.05) is 43.3 Å². The van der Waals surface area contributed by atoms with Crippen LogP contribution in [0.5, 0.6) is 0 Å². The molecule has 0 atom stereocenters. The number of carbonyl (C=O) groups excluding carboxylic acids is 1. The zero-order valence-corrected chi connectivity index (χ0v) is 17.8. The summed E-state index contributed by atoms with van der Waals surface area (Å²) >= 11 is 12.6. The second-order valence-electron chi connectivity index (χ2n) is 7.50. The van der Waals surface area contributed by atoms with Gasteiger partial charge in [-0.25, -0.2) is 4.68 Å². The highest BCUT2D eigenvalue weighted by atomic mass is 35.5. The number of nitrogens with one attached hydrogen (secondary N) is 1. The second kappa shape index (κ2) is 8.60. The maximum absolute atomic E-state index is 13.1. The summed E-state index contributed by atoms with van der Waals surface area (Å²) in [4.78, 5) is 13.1. The molecule has 1 amide bonds. The minimum atomic E-state index is -0.129. The topological polar surface area (TPSA) is 46.9 Å². The number of benzene rings is 2. The Bertz CT molecular complexity index is 1020. The first kappa shape index (κ1) is 20.0. The molecule has 1 heterocycles. The van der Waals surface area contributed by atoms with Crippen molar-refractivity contribution in [3.05, 3.63) is 69.8 Å². The van der Waals surface area contributed by atoms with Crippen LogP contribution in [0.1, 0.15) is 48.2 Å². The molecule has 0 aliphatic heterocycles. The van der Waals surface area contributed by atoms with Gasteiger partial charge in [-0.15, -0.1) is 0 Å². The van der Waals surface area contributed by atoms with E-state index in [0.717, 1.165) is 42.5 Å². The third-order valence-corrected chi connectivity index (χ3v) is 6.00. The smallest absolute Gasteiger partial charge is 0.272 e. The molecule has 1 aliphatic rings. The van der Waals surface area contributed by atoms with Crippen LogP contribution in [-0.2, 0) is 0 Å². The molecule has 0 saturated heterocycles. The fourth-order valence-electron chi connectivity index (χ4n) is 3.97. The molecule has 4 rings (SSSR count). The quantitative estimate of drug-likeness (QED) is 0.537. The minimum absolute atomic E-state index is 0.129. The van der Waals surface area contributed by atoms with Gasteiger partial charge in [0.2, 0.25) is 0 Å². The molecule has 1 fully saturated rings. The minimum Gasteiger partial charge on any atom is -0.348 e. The maximum atomic E-state index is 13.1. The third kappa shape index (κ3) is 4.19. The molecule has 0 spiro atoms. The van der Waals surface area contributed by atoms with E-state index >= 15 is 0 Å². The van der Waals surface area contributed by atoms with Crippen molar-refractivity contribution in [1.82, 2.24) is 15.1 Å². The van der Waals surface area contributed by atoms with Crippen molar-refractivity contribution >= 4 is 29.1 Å². The van der Waals surface area contributed by atoms with E-state index in [1.165, 1.54) is 6.42 Å². The SMILES string of the molecule is Cc1c(C(=O)NC2CCCCC2)nn(-c2ccc(Cl)cc2Cl)c1-c1ccccc1. The molecule has 3 aromatic rings. The molecule has 29 heavy (non-hydrogen) atoms. The third-order valence-electron chi connectivity index (χ3n) is 5.46. The normalized spacial score (nSPS) is 14.7. The number of aromatic nitrogens is 2. The number of carbonyl (C=O) groups is 1. The van der Waals surface area contributed by atoms with E-state index in [4.69, 9.17) is 23.2 Å². The molecule has 0 radical (unpaired) electrons. The average molecular weight is 428 g/mol. The van der Waals surface area contributed by atoms with Gasteiger partial charge in [0, 0.05) is 22.2 Å².